The van der Waals surface area contributed by atoms with Crippen LogP contribution in [-0.4, -0.2) is 11.1 Å². The highest BCUT2D eigenvalue weighted by Crippen LogP contribution is 2.22. The van der Waals surface area contributed by atoms with Crippen molar-refractivity contribution < 1.29 is 9.90 Å². The van der Waals surface area contributed by atoms with Crippen LogP contribution in [0.3, 0.4) is 0 Å². The number of hydrogen-bond acceptors (Lipinski definition) is 1. The maximum absolute atomic E-state index is 10.5. The molecule has 1 aromatic carbocycles. The van der Waals surface area contributed by atoms with Crippen LogP contribution in [0.15, 0.2) is 18.2 Å². The van der Waals surface area contributed by atoms with Gasteiger partial charge in [0.2, 0.25) is 0 Å². The molecular formula is C12H14O2. The third kappa shape index (κ3) is 1.95. The molecule has 14 heavy (non-hydrogen) atoms. The summed E-state index contributed by atoms with van der Waals surface area (Å²) in [5.74, 6) is -0.749. The van der Waals surface area contributed by atoms with Crippen molar-refractivity contribution in [3.05, 3.63) is 34.9 Å². The van der Waals surface area contributed by atoms with E-state index in [1.165, 1.54) is 24.0 Å². The molecule has 1 aromatic rings. The Morgan fingerprint density at radius 3 is 2.64 bits per heavy atom. The Morgan fingerprint density at radius 2 is 1.93 bits per heavy atom. The van der Waals surface area contributed by atoms with Gasteiger partial charge in [0.15, 0.2) is 0 Å². The molecule has 74 valence electrons. The molecule has 0 fully saturated rings. The summed E-state index contributed by atoms with van der Waals surface area (Å²) in [4.78, 5) is 10.5. The van der Waals surface area contributed by atoms with Crippen molar-refractivity contribution in [1.82, 2.24) is 0 Å². The molecule has 0 saturated carbocycles. The third-order valence-corrected chi connectivity index (χ3v) is 2.77. The number of fused-ring (bicyclic) bond motifs is 1. The van der Waals surface area contributed by atoms with Crippen LogP contribution in [0.1, 0.15) is 29.5 Å². The molecular weight excluding hydrogens is 176 g/mol. The van der Waals surface area contributed by atoms with Crippen molar-refractivity contribution in [2.75, 3.05) is 0 Å². The molecule has 0 unspecified atom stereocenters. The van der Waals surface area contributed by atoms with Crippen LogP contribution in [0.2, 0.25) is 0 Å². The summed E-state index contributed by atoms with van der Waals surface area (Å²) >= 11 is 0. The SMILES string of the molecule is O=C(O)Cc1ccc2c(c1)CCCC2. The smallest absolute Gasteiger partial charge is 0.307 e. The minimum Gasteiger partial charge on any atom is -0.481 e. The summed E-state index contributed by atoms with van der Waals surface area (Å²) in [6, 6.07) is 6.09. The van der Waals surface area contributed by atoms with E-state index < -0.39 is 5.97 Å². The molecule has 2 heteroatoms. The summed E-state index contributed by atoms with van der Waals surface area (Å²) < 4.78 is 0. The molecule has 2 rings (SSSR count). The average molecular weight is 190 g/mol. The van der Waals surface area contributed by atoms with Gasteiger partial charge in [0.1, 0.15) is 0 Å². The number of carboxylic acid groups (broad SMARTS) is 1. The largest absolute Gasteiger partial charge is 0.481 e. The normalized spacial score (nSPS) is 14.9. The van der Waals surface area contributed by atoms with Crippen molar-refractivity contribution in [1.29, 1.82) is 0 Å². The molecule has 0 amide bonds. The van der Waals surface area contributed by atoms with E-state index in [0.717, 1.165) is 18.4 Å². The zero-order valence-corrected chi connectivity index (χ0v) is 8.12. The summed E-state index contributed by atoms with van der Waals surface area (Å²) in [7, 11) is 0. The first kappa shape index (κ1) is 9.25. The summed E-state index contributed by atoms with van der Waals surface area (Å²) in [5, 5.41) is 8.67. The lowest BCUT2D eigenvalue weighted by Gasteiger charge is -2.16. The Balaban J connectivity index is 2.24. The fourth-order valence-electron chi connectivity index (χ4n) is 2.07. The van der Waals surface area contributed by atoms with Crippen LogP contribution in [-0.2, 0) is 24.1 Å². The highest BCUT2D eigenvalue weighted by Gasteiger charge is 2.10. The second kappa shape index (κ2) is 3.82. The Kier molecular flexibility index (Phi) is 2.53. The second-order valence-electron chi connectivity index (χ2n) is 3.88. The molecule has 0 atom stereocenters. The quantitative estimate of drug-likeness (QED) is 0.776. The Morgan fingerprint density at radius 1 is 1.21 bits per heavy atom. The van der Waals surface area contributed by atoms with Crippen LogP contribution < -0.4 is 0 Å². The van der Waals surface area contributed by atoms with Crippen LogP contribution in [0.5, 0.6) is 0 Å². The van der Waals surface area contributed by atoms with Crippen molar-refractivity contribution in [2.24, 2.45) is 0 Å². The van der Waals surface area contributed by atoms with E-state index in [1.54, 1.807) is 0 Å². The number of aliphatic carboxylic acids is 1. The lowest BCUT2D eigenvalue weighted by molar-refractivity contribution is -0.136. The highest BCUT2D eigenvalue weighted by molar-refractivity contribution is 5.70. The molecule has 1 N–H and O–H groups in total. The highest BCUT2D eigenvalue weighted by atomic mass is 16.4. The Bertz CT molecular complexity index is 355. The molecule has 0 bridgehead atoms. The van der Waals surface area contributed by atoms with E-state index in [4.69, 9.17) is 5.11 Å². The molecule has 0 spiro atoms. The van der Waals surface area contributed by atoms with Gasteiger partial charge in [-0.05, 0) is 42.4 Å². The zero-order valence-electron chi connectivity index (χ0n) is 8.12. The molecule has 0 radical (unpaired) electrons. The summed E-state index contributed by atoms with van der Waals surface area (Å²) in [5.41, 5.74) is 3.69. The standard InChI is InChI=1S/C12H14O2/c13-12(14)8-9-5-6-10-3-1-2-4-11(10)7-9/h5-7H,1-4,8H2,(H,13,14). The van der Waals surface area contributed by atoms with Gasteiger partial charge in [-0.25, -0.2) is 0 Å². The van der Waals surface area contributed by atoms with Crippen molar-refractivity contribution >= 4 is 5.97 Å². The van der Waals surface area contributed by atoms with Gasteiger partial charge in [-0.3, -0.25) is 4.79 Å². The number of aryl methyl sites for hydroxylation is 2. The van der Waals surface area contributed by atoms with Gasteiger partial charge in [-0.2, -0.15) is 0 Å². The predicted octanol–water partition coefficient (Wildman–Crippen LogP) is 2.19. The number of carboxylic acids is 1. The zero-order chi connectivity index (χ0) is 9.97. The summed E-state index contributed by atoms with van der Waals surface area (Å²) in [6.45, 7) is 0. The van der Waals surface area contributed by atoms with Gasteiger partial charge in [-0.15, -0.1) is 0 Å². The van der Waals surface area contributed by atoms with Crippen LogP contribution >= 0.6 is 0 Å². The van der Waals surface area contributed by atoms with Gasteiger partial charge in [0, 0.05) is 0 Å². The topological polar surface area (TPSA) is 37.3 Å². The average Bonchev–Trinajstić information content (AvgIpc) is 2.17. The lowest BCUT2D eigenvalue weighted by atomic mass is 9.90. The fraction of sp³-hybridized carbons (Fsp3) is 0.417. The van der Waals surface area contributed by atoms with E-state index in [1.807, 2.05) is 6.07 Å². The second-order valence-corrected chi connectivity index (χ2v) is 3.88. The van der Waals surface area contributed by atoms with Gasteiger partial charge in [0.05, 0.1) is 6.42 Å². The summed E-state index contributed by atoms with van der Waals surface area (Å²) in [6.07, 6.45) is 4.92. The predicted molar refractivity (Wildman–Crippen MR) is 54.4 cm³/mol. The monoisotopic (exact) mass is 190 g/mol. The first-order chi connectivity index (χ1) is 6.75. The number of carbonyl (C=O) groups is 1. The first-order valence-electron chi connectivity index (χ1n) is 5.08. The Labute approximate surface area is 83.6 Å². The number of rotatable bonds is 2. The first-order valence-corrected chi connectivity index (χ1v) is 5.08. The van der Waals surface area contributed by atoms with E-state index in [2.05, 4.69) is 12.1 Å². The minimum atomic E-state index is -0.749. The third-order valence-electron chi connectivity index (χ3n) is 2.77. The fourth-order valence-corrected chi connectivity index (χ4v) is 2.07. The molecule has 0 heterocycles. The Hall–Kier alpha value is -1.31. The molecule has 2 nitrogen and oxygen atoms in total. The van der Waals surface area contributed by atoms with E-state index in [9.17, 15) is 4.79 Å². The van der Waals surface area contributed by atoms with E-state index in [-0.39, 0.29) is 6.42 Å². The van der Waals surface area contributed by atoms with Crippen molar-refractivity contribution in [3.8, 4) is 0 Å². The van der Waals surface area contributed by atoms with E-state index >= 15 is 0 Å². The van der Waals surface area contributed by atoms with Gasteiger partial charge >= 0.3 is 5.97 Å². The van der Waals surface area contributed by atoms with Crippen LogP contribution in [0.25, 0.3) is 0 Å². The van der Waals surface area contributed by atoms with Crippen LogP contribution in [0, 0.1) is 0 Å². The van der Waals surface area contributed by atoms with Gasteiger partial charge in [-0.1, -0.05) is 18.2 Å². The van der Waals surface area contributed by atoms with Gasteiger partial charge < -0.3 is 5.11 Å². The molecule has 1 aliphatic rings. The lowest BCUT2D eigenvalue weighted by Crippen LogP contribution is -2.05. The van der Waals surface area contributed by atoms with E-state index in [0.29, 0.717) is 0 Å². The maximum Gasteiger partial charge on any atom is 0.307 e. The number of hydrogen-bond donors (Lipinski definition) is 1. The van der Waals surface area contributed by atoms with Crippen molar-refractivity contribution in [3.63, 3.8) is 0 Å². The maximum atomic E-state index is 10.5. The van der Waals surface area contributed by atoms with Crippen LogP contribution in [0.4, 0.5) is 0 Å². The minimum absolute atomic E-state index is 0.146. The van der Waals surface area contributed by atoms with Crippen molar-refractivity contribution in [2.45, 2.75) is 32.1 Å². The molecule has 0 aliphatic heterocycles. The van der Waals surface area contributed by atoms with Gasteiger partial charge in [0.25, 0.3) is 0 Å². The molecule has 0 aromatic heterocycles. The number of benzene rings is 1. The molecule has 1 aliphatic carbocycles. The molecule has 0 saturated heterocycles.